The second-order valence-electron chi connectivity index (χ2n) is 3.75. The first kappa shape index (κ1) is 13.7. The van der Waals surface area contributed by atoms with Crippen LogP contribution in [0.1, 0.15) is 33.6 Å². The zero-order chi connectivity index (χ0) is 10.8. The fraction of sp³-hybridized carbons (Fsp3) is 0.833. The van der Waals surface area contributed by atoms with Crippen molar-refractivity contribution in [1.82, 2.24) is 10.2 Å². The van der Waals surface area contributed by atoms with Gasteiger partial charge in [-0.15, -0.1) is 6.58 Å². The summed E-state index contributed by atoms with van der Waals surface area (Å²) >= 11 is 0. The summed E-state index contributed by atoms with van der Waals surface area (Å²) in [6.07, 6.45) is 4.30. The summed E-state index contributed by atoms with van der Waals surface area (Å²) in [6.45, 7) is 15.0. The molecule has 14 heavy (non-hydrogen) atoms. The first-order chi connectivity index (χ1) is 6.74. The molecular formula is C12H26N2. The van der Waals surface area contributed by atoms with Gasteiger partial charge in [0.2, 0.25) is 0 Å². The van der Waals surface area contributed by atoms with Crippen LogP contribution >= 0.6 is 0 Å². The van der Waals surface area contributed by atoms with E-state index in [4.69, 9.17) is 0 Å². The number of hydrogen-bond donors (Lipinski definition) is 1. The zero-order valence-electron chi connectivity index (χ0n) is 10.1. The Labute approximate surface area is 89.4 Å². The van der Waals surface area contributed by atoms with Crippen molar-refractivity contribution >= 4 is 0 Å². The normalized spacial score (nSPS) is 13.1. The SMILES string of the molecule is C=CCCC(C)NCCN(CC)CC. The van der Waals surface area contributed by atoms with Crippen LogP contribution in [0.5, 0.6) is 0 Å². The number of hydrogen-bond acceptors (Lipinski definition) is 2. The van der Waals surface area contributed by atoms with E-state index in [0.29, 0.717) is 6.04 Å². The van der Waals surface area contributed by atoms with Gasteiger partial charge in [-0.1, -0.05) is 19.9 Å². The van der Waals surface area contributed by atoms with E-state index in [1.54, 1.807) is 0 Å². The quantitative estimate of drug-likeness (QED) is 0.572. The highest BCUT2D eigenvalue weighted by molar-refractivity contribution is 4.71. The average Bonchev–Trinajstić information content (AvgIpc) is 2.21. The minimum Gasteiger partial charge on any atom is -0.313 e. The van der Waals surface area contributed by atoms with Gasteiger partial charge in [0, 0.05) is 19.1 Å². The maximum absolute atomic E-state index is 3.73. The summed E-state index contributed by atoms with van der Waals surface area (Å²) in [4.78, 5) is 2.44. The first-order valence-corrected chi connectivity index (χ1v) is 5.81. The third kappa shape index (κ3) is 7.10. The van der Waals surface area contributed by atoms with Gasteiger partial charge < -0.3 is 10.2 Å². The third-order valence-electron chi connectivity index (χ3n) is 2.62. The maximum Gasteiger partial charge on any atom is 0.0107 e. The highest BCUT2D eigenvalue weighted by atomic mass is 15.1. The van der Waals surface area contributed by atoms with Crippen molar-refractivity contribution in [2.24, 2.45) is 0 Å². The number of likely N-dealkylation sites (N-methyl/N-ethyl adjacent to an activating group) is 1. The van der Waals surface area contributed by atoms with E-state index in [1.807, 2.05) is 6.08 Å². The van der Waals surface area contributed by atoms with Gasteiger partial charge in [0.25, 0.3) is 0 Å². The standard InChI is InChI=1S/C12H26N2/c1-5-8-9-12(4)13-10-11-14(6-2)7-3/h5,12-13H,1,6-11H2,2-4H3. The van der Waals surface area contributed by atoms with Crippen molar-refractivity contribution < 1.29 is 0 Å². The molecule has 0 saturated carbocycles. The summed E-state index contributed by atoms with van der Waals surface area (Å²) < 4.78 is 0. The maximum atomic E-state index is 3.73. The fourth-order valence-electron chi connectivity index (χ4n) is 1.48. The molecule has 0 aromatic rings. The van der Waals surface area contributed by atoms with E-state index in [1.165, 1.54) is 6.42 Å². The van der Waals surface area contributed by atoms with Crippen LogP contribution in [0.3, 0.4) is 0 Å². The molecule has 0 bridgehead atoms. The van der Waals surface area contributed by atoms with Crippen LogP contribution in [0.4, 0.5) is 0 Å². The predicted molar refractivity (Wildman–Crippen MR) is 64.7 cm³/mol. The molecule has 2 heteroatoms. The smallest absolute Gasteiger partial charge is 0.0107 e. The lowest BCUT2D eigenvalue weighted by atomic mass is 10.2. The van der Waals surface area contributed by atoms with Crippen molar-refractivity contribution in [1.29, 1.82) is 0 Å². The van der Waals surface area contributed by atoms with Gasteiger partial charge in [0.05, 0.1) is 0 Å². The minimum absolute atomic E-state index is 0.614. The van der Waals surface area contributed by atoms with E-state index in [0.717, 1.165) is 32.6 Å². The van der Waals surface area contributed by atoms with E-state index < -0.39 is 0 Å². The molecule has 2 nitrogen and oxygen atoms in total. The number of nitrogens with zero attached hydrogens (tertiary/aromatic N) is 1. The van der Waals surface area contributed by atoms with Gasteiger partial charge in [-0.25, -0.2) is 0 Å². The number of nitrogens with one attached hydrogen (secondary N) is 1. The molecular weight excluding hydrogens is 172 g/mol. The Bertz CT molecular complexity index is 130. The Morgan fingerprint density at radius 2 is 2.00 bits per heavy atom. The molecule has 0 aliphatic rings. The molecule has 0 spiro atoms. The molecule has 1 atom stereocenters. The summed E-state index contributed by atoms with van der Waals surface area (Å²) in [5, 5.41) is 3.53. The van der Waals surface area contributed by atoms with Crippen molar-refractivity contribution in [3.05, 3.63) is 12.7 Å². The topological polar surface area (TPSA) is 15.3 Å². The molecule has 1 N–H and O–H groups in total. The lowest BCUT2D eigenvalue weighted by molar-refractivity contribution is 0.296. The molecule has 0 aliphatic carbocycles. The van der Waals surface area contributed by atoms with E-state index in [2.05, 4.69) is 37.6 Å². The van der Waals surface area contributed by atoms with Crippen molar-refractivity contribution in [3.8, 4) is 0 Å². The molecule has 0 amide bonds. The summed E-state index contributed by atoms with van der Waals surface area (Å²) in [6, 6.07) is 0.614. The molecule has 0 fully saturated rings. The Morgan fingerprint density at radius 1 is 1.36 bits per heavy atom. The fourth-order valence-corrected chi connectivity index (χ4v) is 1.48. The second kappa shape index (κ2) is 9.22. The van der Waals surface area contributed by atoms with E-state index in [-0.39, 0.29) is 0 Å². The van der Waals surface area contributed by atoms with Crippen LogP contribution < -0.4 is 5.32 Å². The van der Waals surface area contributed by atoms with Crippen molar-refractivity contribution in [2.75, 3.05) is 26.2 Å². The van der Waals surface area contributed by atoms with Crippen molar-refractivity contribution in [3.63, 3.8) is 0 Å². The van der Waals surface area contributed by atoms with Crippen LogP contribution in [-0.4, -0.2) is 37.1 Å². The molecule has 0 rings (SSSR count). The van der Waals surface area contributed by atoms with Gasteiger partial charge in [0.1, 0.15) is 0 Å². The van der Waals surface area contributed by atoms with E-state index >= 15 is 0 Å². The molecule has 0 aromatic heterocycles. The molecule has 84 valence electrons. The lowest BCUT2D eigenvalue weighted by Crippen LogP contribution is -2.35. The molecule has 0 aromatic carbocycles. The van der Waals surface area contributed by atoms with Gasteiger partial charge in [-0.2, -0.15) is 0 Å². The number of rotatable bonds is 9. The van der Waals surface area contributed by atoms with Gasteiger partial charge in [0.15, 0.2) is 0 Å². The lowest BCUT2D eigenvalue weighted by Gasteiger charge is -2.20. The summed E-state index contributed by atoms with van der Waals surface area (Å²) in [5.41, 5.74) is 0. The molecule has 0 aliphatic heterocycles. The third-order valence-corrected chi connectivity index (χ3v) is 2.62. The predicted octanol–water partition coefficient (Wildman–Crippen LogP) is 2.27. The van der Waals surface area contributed by atoms with Gasteiger partial charge >= 0.3 is 0 Å². The minimum atomic E-state index is 0.614. The number of allylic oxidation sites excluding steroid dienone is 1. The molecule has 1 unspecified atom stereocenters. The monoisotopic (exact) mass is 198 g/mol. The second-order valence-corrected chi connectivity index (χ2v) is 3.75. The first-order valence-electron chi connectivity index (χ1n) is 5.81. The van der Waals surface area contributed by atoms with E-state index in [9.17, 15) is 0 Å². The van der Waals surface area contributed by atoms with Crippen LogP contribution in [0, 0.1) is 0 Å². The highest BCUT2D eigenvalue weighted by Crippen LogP contribution is 1.96. The Morgan fingerprint density at radius 3 is 2.50 bits per heavy atom. The van der Waals surface area contributed by atoms with Gasteiger partial charge in [-0.05, 0) is 32.9 Å². The Kier molecular flexibility index (Phi) is 9.00. The molecule has 0 radical (unpaired) electrons. The van der Waals surface area contributed by atoms with Crippen LogP contribution in [0.15, 0.2) is 12.7 Å². The molecule has 0 saturated heterocycles. The Balaban J connectivity index is 3.37. The Hall–Kier alpha value is -0.340. The highest BCUT2D eigenvalue weighted by Gasteiger charge is 2.01. The zero-order valence-corrected chi connectivity index (χ0v) is 10.1. The van der Waals surface area contributed by atoms with Crippen LogP contribution in [-0.2, 0) is 0 Å². The average molecular weight is 198 g/mol. The van der Waals surface area contributed by atoms with Crippen LogP contribution in [0.2, 0.25) is 0 Å². The molecule has 0 heterocycles. The van der Waals surface area contributed by atoms with Crippen molar-refractivity contribution in [2.45, 2.75) is 39.7 Å². The summed E-state index contributed by atoms with van der Waals surface area (Å²) in [7, 11) is 0. The largest absolute Gasteiger partial charge is 0.313 e. The summed E-state index contributed by atoms with van der Waals surface area (Å²) in [5.74, 6) is 0. The van der Waals surface area contributed by atoms with Gasteiger partial charge in [-0.3, -0.25) is 0 Å². The van der Waals surface area contributed by atoms with Crippen LogP contribution in [0.25, 0.3) is 0 Å².